The number of piperazine rings is 1. The summed E-state index contributed by atoms with van der Waals surface area (Å²) in [6, 6.07) is 10.0. The molecule has 1 aliphatic rings. The largest absolute Gasteiger partial charge is 0.461 e. The van der Waals surface area contributed by atoms with Crippen molar-refractivity contribution < 1.29 is 18.1 Å². The van der Waals surface area contributed by atoms with Gasteiger partial charge >= 0.3 is 0 Å². The molecule has 4 aromatic rings. The summed E-state index contributed by atoms with van der Waals surface area (Å²) in [5.74, 6) is 0.451. The first-order chi connectivity index (χ1) is 13.7. The van der Waals surface area contributed by atoms with Crippen molar-refractivity contribution in [3.63, 3.8) is 0 Å². The molecule has 0 atom stereocenters. The fourth-order valence-corrected chi connectivity index (χ4v) is 4.24. The third-order valence-corrected chi connectivity index (χ3v) is 5.77. The lowest BCUT2D eigenvalue weighted by molar-refractivity contribution is 0.0736. The van der Waals surface area contributed by atoms with Crippen LogP contribution in [0.25, 0.3) is 21.7 Å². The van der Waals surface area contributed by atoms with Crippen LogP contribution in [0.2, 0.25) is 0 Å². The summed E-state index contributed by atoms with van der Waals surface area (Å²) in [6.07, 6.45) is 1.53. The Balaban J connectivity index is 1.27. The molecule has 4 heterocycles. The lowest BCUT2D eigenvalue weighted by Crippen LogP contribution is -2.48. The number of amides is 1. The fraction of sp³-hybridized carbons (Fsp3) is 0.211. The van der Waals surface area contributed by atoms with Gasteiger partial charge in [0.05, 0.1) is 11.0 Å². The Morgan fingerprint density at radius 2 is 1.96 bits per heavy atom. The summed E-state index contributed by atoms with van der Waals surface area (Å²) in [5, 5.41) is 4.64. The third-order valence-electron chi connectivity index (χ3n) is 4.69. The number of halogens is 1. The molecule has 0 spiro atoms. The van der Waals surface area contributed by atoms with Crippen molar-refractivity contribution in [2.45, 2.75) is 0 Å². The Bertz CT molecular complexity index is 1130. The lowest BCUT2D eigenvalue weighted by atomic mass is 10.2. The Morgan fingerprint density at radius 3 is 2.71 bits per heavy atom. The van der Waals surface area contributed by atoms with E-state index < -0.39 is 0 Å². The number of hydrogen-bond donors (Lipinski definition) is 0. The second-order valence-electron chi connectivity index (χ2n) is 6.42. The van der Waals surface area contributed by atoms with Gasteiger partial charge in [-0.2, -0.15) is 0 Å². The topological polar surface area (TPSA) is 75.6 Å². The van der Waals surface area contributed by atoms with E-state index in [1.165, 1.54) is 23.7 Å². The van der Waals surface area contributed by atoms with E-state index in [-0.39, 0.29) is 17.4 Å². The molecule has 0 bridgehead atoms. The first kappa shape index (κ1) is 16.9. The average Bonchev–Trinajstić information content (AvgIpc) is 3.47. The summed E-state index contributed by atoms with van der Waals surface area (Å²) in [7, 11) is 0. The minimum Gasteiger partial charge on any atom is -0.461 e. The van der Waals surface area contributed by atoms with E-state index in [1.807, 2.05) is 6.07 Å². The number of hydrogen-bond acceptors (Lipinski definition) is 7. The van der Waals surface area contributed by atoms with Gasteiger partial charge in [-0.05, 0) is 24.3 Å². The second-order valence-corrected chi connectivity index (χ2v) is 7.43. The standard InChI is InChI=1S/C19H15FN4O3S/c20-12-3-1-5-16-17(12)21-19(28-16)24-8-6-23(7-9-24)18(25)13-11-15(27-22-13)14-4-2-10-26-14/h1-5,10-11H,6-9H2. The minimum absolute atomic E-state index is 0.184. The van der Waals surface area contributed by atoms with Crippen LogP contribution < -0.4 is 4.90 Å². The van der Waals surface area contributed by atoms with E-state index in [9.17, 15) is 9.18 Å². The summed E-state index contributed by atoms with van der Waals surface area (Å²) in [4.78, 5) is 20.9. The van der Waals surface area contributed by atoms with Crippen LogP contribution in [-0.2, 0) is 0 Å². The molecule has 1 saturated heterocycles. The van der Waals surface area contributed by atoms with Crippen LogP contribution in [0.5, 0.6) is 0 Å². The molecule has 142 valence electrons. The molecule has 3 aromatic heterocycles. The highest BCUT2D eigenvalue weighted by Gasteiger charge is 2.26. The molecule has 5 rings (SSSR count). The highest BCUT2D eigenvalue weighted by atomic mass is 32.1. The highest BCUT2D eigenvalue weighted by molar-refractivity contribution is 7.22. The number of aromatic nitrogens is 2. The van der Waals surface area contributed by atoms with Gasteiger partial charge in [-0.3, -0.25) is 4.79 Å². The number of thiazole rings is 1. The van der Waals surface area contributed by atoms with Gasteiger partial charge in [0, 0.05) is 32.2 Å². The molecule has 0 N–H and O–H groups in total. The van der Waals surface area contributed by atoms with Crippen LogP contribution >= 0.6 is 11.3 Å². The van der Waals surface area contributed by atoms with E-state index in [1.54, 1.807) is 29.2 Å². The van der Waals surface area contributed by atoms with Crippen molar-refractivity contribution in [2.75, 3.05) is 31.1 Å². The highest BCUT2D eigenvalue weighted by Crippen LogP contribution is 2.31. The number of anilines is 1. The lowest BCUT2D eigenvalue weighted by Gasteiger charge is -2.34. The maximum atomic E-state index is 13.9. The van der Waals surface area contributed by atoms with Gasteiger partial charge in [0.1, 0.15) is 11.3 Å². The van der Waals surface area contributed by atoms with E-state index in [4.69, 9.17) is 8.94 Å². The monoisotopic (exact) mass is 398 g/mol. The molecule has 28 heavy (non-hydrogen) atoms. The SMILES string of the molecule is O=C(c1cc(-c2ccco2)on1)N1CCN(c2nc3c(F)cccc3s2)CC1. The number of nitrogens with zero attached hydrogens (tertiary/aromatic N) is 4. The van der Waals surface area contributed by atoms with Gasteiger partial charge in [-0.15, -0.1) is 0 Å². The van der Waals surface area contributed by atoms with E-state index in [2.05, 4.69) is 15.0 Å². The Hall–Kier alpha value is -3.20. The van der Waals surface area contributed by atoms with E-state index in [0.29, 0.717) is 43.2 Å². The quantitative estimate of drug-likeness (QED) is 0.524. The number of furan rings is 1. The molecule has 9 heteroatoms. The van der Waals surface area contributed by atoms with Crippen molar-refractivity contribution in [3.8, 4) is 11.5 Å². The first-order valence-electron chi connectivity index (χ1n) is 8.79. The smallest absolute Gasteiger partial charge is 0.276 e. The van der Waals surface area contributed by atoms with Crippen LogP contribution in [0.1, 0.15) is 10.5 Å². The molecule has 0 radical (unpaired) electrons. The molecule has 0 saturated carbocycles. The summed E-state index contributed by atoms with van der Waals surface area (Å²) in [5.41, 5.74) is 0.649. The van der Waals surface area contributed by atoms with Gasteiger partial charge in [0.2, 0.25) is 5.76 Å². The number of benzene rings is 1. The zero-order valence-corrected chi connectivity index (χ0v) is 15.5. The zero-order chi connectivity index (χ0) is 19.1. The maximum absolute atomic E-state index is 13.9. The van der Waals surface area contributed by atoms with Crippen LogP contribution in [0.4, 0.5) is 9.52 Å². The van der Waals surface area contributed by atoms with Crippen LogP contribution in [0.15, 0.2) is 51.6 Å². The number of carbonyl (C=O) groups excluding carboxylic acids is 1. The molecule has 1 aliphatic heterocycles. The van der Waals surface area contributed by atoms with Crippen molar-refractivity contribution >= 4 is 32.6 Å². The first-order valence-corrected chi connectivity index (χ1v) is 9.60. The predicted octanol–water partition coefficient (Wildman–Crippen LogP) is 3.65. The predicted molar refractivity (Wildman–Crippen MR) is 102 cm³/mol. The van der Waals surface area contributed by atoms with E-state index in [0.717, 1.165) is 9.83 Å². The average molecular weight is 398 g/mol. The molecular weight excluding hydrogens is 383 g/mol. The van der Waals surface area contributed by atoms with Crippen molar-refractivity contribution in [1.82, 2.24) is 15.0 Å². The molecule has 0 unspecified atom stereocenters. The van der Waals surface area contributed by atoms with Gasteiger partial charge in [-0.1, -0.05) is 22.6 Å². The third kappa shape index (κ3) is 2.93. The van der Waals surface area contributed by atoms with Crippen LogP contribution in [-0.4, -0.2) is 47.1 Å². The van der Waals surface area contributed by atoms with Crippen molar-refractivity contribution in [1.29, 1.82) is 0 Å². The van der Waals surface area contributed by atoms with Crippen molar-refractivity contribution in [3.05, 3.63) is 54.2 Å². The molecule has 7 nitrogen and oxygen atoms in total. The Labute approximate surface area is 163 Å². The maximum Gasteiger partial charge on any atom is 0.276 e. The van der Waals surface area contributed by atoms with Crippen molar-refractivity contribution in [2.24, 2.45) is 0 Å². The van der Waals surface area contributed by atoms with Gasteiger partial charge in [0.25, 0.3) is 5.91 Å². The normalized spacial score (nSPS) is 14.8. The van der Waals surface area contributed by atoms with E-state index >= 15 is 0 Å². The number of para-hydroxylation sites is 1. The molecule has 1 aromatic carbocycles. The Kier molecular flexibility index (Phi) is 4.09. The Morgan fingerprint density at radius 1 is 1.11 bits per heavy atom. The molecule has 0 aliphatic carbocycles. The van der Waals surface area contributed by atoms with Crippen LogP contribution in [0.3, 0.4) is 0 Å². The van der Waals surface area contributed by atoms with Gasteiger partial charge < -0.3 is 18.7 Å². The molecular formula is C19H15FN4O3S. The summed E-state index contributed by atoms with van der Waals surface area (Å²) >= 11 is 1.46. The number of rotatable bonds is 3. The second kappa shape index (κ2) is 6.75. The molecule has 1 amide bonds. The molecule has 1 fully saturated rings. The minimum atomic E-state index is -0.313. The zero-order valence-electron chi connectivity index (χ0n) is 14.7. The number of carbonyl (C=O) groups is 1. The van der Waals surface area contributed by atoms with Crippen LogP contribution in [0, 0.1) is 5.82 Å². The van der Waals surface area contributed by atoms with Gasteiger partial charge in [0.15, 0.2) is 16.6 Å². The number of fused-ring (bicyclic) bond motifs is 1. The summed E-state index contributed by atoms with van der Waals surface area (Å²) < 4.78 is 25.2. The summed E-state index contributed by atoms with van der Waals surface area (Å²) in [6.45, 7) is 2.30. The fourth-order valence-electron chi connectivity index (χ4n) is 3.21. The van der Waals surface area contributed by atoms with Gasteiger partial charge in [-0.25, -0.2) is 9.37 Å².